The predicted molar refractivity (Wildman–Crippen MR) is 103 cm³/mol. The van der Waals surface area contributed by atoms with E-state index in [4.69, 9.17) is 0 Å². The molecule has 0 radical (unpaired) electrons. The van der Waals surface area contributed by atoms with Crippen LogP contribution in [0.4, 0.5) is 4.39 Å². The fourth-order valence-corrected chi connectivity index (χ4v) is 4.14. The first-order valence-corrected chi connectivity index (χ1v) is 10.1. The molecule has 2 heterocycles. The molecule has 4 N–H and O–H groups in total. The van der Waals surface area contributed by atoms with Gasteiger partial charge in [0.1, 0.15) is 25.0 Å². The van der Waals surface area contributed by atoms with Crippen LogP contribution in [-0.4, -0.2) is 56.0 Å². The minimum absolute atomic E-state index is 0.184. The normalized spacial score (nSPS) is 21.4. The summed E-state index contributed by atoms with van der Waals surface area (Å²) in [7, 11) is 0. The second-order valence-corrected chi connectivity index (χ2v) is 8.40. The lowest BCUT2D eigenvalue weighted by atomic mass is 9.81. The van der Waals surface area contributed by atoms with Crippen molar-refractivity contribution in [1.29, 1.82) is 0 Å². The number of nitrogens with one attached hydrogen (secondary N) is 2. The summed E-state index contributed by atoms with van der Waals surface area (Å²) in [6, 6.07) is 5.07. The van der Waals surface area contributed by atoms with E-state index in [0.29, 0.717) is 42.9 Å². The maximum absolute atomic E-state index is 14.7. The predicted octanol–water partition coefficient (Wildman–Crippen LogP) is 0.562. The number of likely N-dealkylation sites (tertiary alicyclic amines) is 1. The third kappa shape index (κ3) is 5.57. The van der Waals surface area contributed by atoms with Gasteiger partial charge in [-0.1, -0.05) is 31.2 Å². The van der Waals surface area contributed by atoms with Gasteiger partial charge in [0, 0.05) is 17.9 Å². The van der Waals surface area contributed by atoms with Crippen LogP contribution in [0.15, 0.2) is 18.2 Å². The lowest BCUT2D eigenvalue weighted by molar-refractivity contribution is -0.902. The molecule has 1 saturated heterocycles. The lowest BCUT2D eigenvalue weighted by Crippen LogP contribution is -3.09. The smallest absolute Gasteiger partial charge is 0.307 e. The fraction of sp³-hybridized carbons (Fsp3) is 0.600. The van der Waals surface area contributed by atoms with Crippen molar-refractivity contribution < 1.29 is 24.3 Å². The highest BCUT2D eigenvalue weighted by molar-refractivity contribution is 5.71. The summed E-state index contributed by atoms with van der Waals surface area (Å²) in [5.41, 5.74) is 1.30. The van der Waals surface area contributed by atoms with Crippen molar-refractivity contribution in [2.45, 2.75) is 51.7 Å². The van der Waals surface area contributed by atoms with E-state index in [2.05, 4.69) is 20.6 Å². The molecule has 29 heavy (non-hydrogen) atoms. The highest BCUT2D eigenvalue weighted by Gasteiger charge is 2.33. The summed E-state index contributed by atoms with van der Waals surface area (Å²) < 4.78 is 14.7. The number of aromatic amines is 1. The Hall–Kier alpha value is -2.39. The Balaban J connectivity index is 1.78. The Morgan fingerprint density at radius 1 is 1.41 bits per heavy atom. The molecule has 1 aromatic carbocycles. The van der Waals surface area contributed by atoms with E-state index in [-0.39, 0.29) is 17.8 Å². The molecule has 1 fully saturated rings. The Morgan fingerprint density at radius 3 is 2.76 bits per heavy atom. The number of halogens is 1. The maximum Gasteiger partial charge on any atom is 0.307 e. The number of quaternary nitrogens is 1. The third-order valence-corrected chi connectivity index (χ3v) is 5.59. The molecular weight excluding hydrogens is 377 g/mol. The first-order chi connectivity index (χ1) is 13.8. The summed E-state index contributed by atoms with van der Waals surface area (Å²) >= 11 is 0. The number of hydrogen-bond donors (Lipinski definition) is 4. The molecule has 4 atom stereocenters. The van der Waals surface area contributed by atoms with Gasteiger partial charge >= 0.3 is 5.97 Å². The SMILES string of the molecule is CC(C)CC(C(=O)O)C(Cc1ccc(C[NH+]2CCC(O)C2)c(F)c1)c1nn[nH]n1. The summed E-state index contributed by atoms with van der Waals surface area (Å²) in [5, 5.41) is 33.4. The van der Waals surface area contributed by atoms with Crippen LogP contribution in [0.3, 0.4) is 0 Å². The highest BCUT2D eigenvalue weighted by atomic mass is 19.1. The quantitative estimate of drug-likeness (QED) is 0.484. The molecule has 1 aromatic heterocycles. The van der Waals surface area contributed by atoms with E-state index < -0.39 is 17.8 Å². The van der Waals surface area contributed by atoms with Crippen LogP contribution in [0.5, 0.6) is 0 Å². The number of carboxylic acids is 1. The number of aromatic nitrogens is 4. The van der Waals surface area contributed by atoms with E-state index in [9.17, 15) is 19.4 Å². The summed E-state index contributed by atoms with van der Waals surface area (Å²) in [5.74, 6) is -1.90. The Morgan fingerprint density at radius 2 is 2.21 bits per heavy atom. The van der Waals surface area contributed by atoms with E-state index in [1.54, 1.807) is 6.07 Å². The Kier molecular flexibility index (Phi) is 6.92. The van der Waals surface area contributed by atoms with E-state index in [1.807, 2.05) is 19.9 Å². The third-order valence-electron chi connectivity index (χ3n) is 5.59. The molecule has 4 unspecified atom stereocenters. The van der Waals surface area contributed by atoms with Gasteiger partial charge in [-0.05, 0) is 30.4 Å². The van der Waals surface area contributed by atoms with Crippen LogP contribution >= 0.6 is 0 Å². The average molecular weight is 406 g/mol. The standard InChI is InChI=1S/C20H28FN5O3/c1-12(2)7-17(20(28)29)16(19-22-24-25-23-19)8-13-3-4-14(18(21)9-13)10-26-6-5-15(27)11-26/h3-4,9,12,15-17,27H,5-8,10-11H2,1-2H3,(H,28,29)(H,22,23,24,25)/p+1. The Bertz CT molecular complexity index is 814. The van der Waals surface area contributed by atoms with E-state index in [1.165, 1.54) is 6.07 Å². The second kappa shape index (κ2) is 9.41. The number of hydrogen-bond acceptors (Lipinski definition) is 5. The van der Waals surface area contributed by atoms with Gasteiger partial charge in [0.15, 0.2) is 5.82 Å². The molecule has 0 saturated carbocycles. The van der Waals surface area contributed by atoms with Crippen molar-refractivity contribution in [2.75, 3.05) is 13.1 Å². The van der Waals surface area contributed by atoms with Crippen LogP contribution in [-0.2, 0) is 17.8 Å². The first kappa shape index (κ1) is 21.3. The number of aliphatic hydroxyl groups excluding tert-OH is 1. The number of benzene rings is 1. The number of aliphatic carboxylic acids is 1. The van der Waals surface area contributed by atoms with Crippen LogP contribution < -0.4 is 4.90 Å². The van der Waals surface area contributed by atoms with Crippen molar-refractivity contribution in [3.05, 3.63) is 41.0 Å². The van der Waals surface area contributed by atoms with Crippen LogP contribution in [0.2, 0.25) is 0 Å². The van der Waals surface area contributed by atoms with Crippen LogP contribution in [0.1, 0.15) is 49.6 Å². The number of rotatable bonds is 9. The zero-order valence-corrected chi connectivity index (χ0v) is 16.8. The van der Waals surface area contributed by atoms with Crippen molar-refractivity contribution >= 4 is 5.97 Å². The van der Waals surface area contributed by atoms with Gasteiger partial charge in [0.2, 0.25) is 0 Å². The van der Waals surface area contributed by atoms with Crippen molar-refractivity contribution in [2.24, 2.45) is 11.8 Å². The minimum atomic E-state index is -0.915. The van der Waals surface area contributed by atoms with Crippen LogP contribution in [0.25, 0.3) is 0 Å². The molecule has 9 heteroatoms. The van der Waals surface area contributed by atoms with E-state index >= 15 is 0 Å². The van der Waals surface area contributed by atoms with Gasteiger partial charge in [-0.3, -0.25) is 4.79 Å². The van der Waals surface area contributed by atoms with E-state index in [0.717, 1.165) is 17.9 Å². The highest BCUT2D eigenvalue weighted by Crippen LogP contribution is 2.31. The summed E-state index contributed by atoms with van der Waals surface area (Å²) in [4.78, 5) is 13.1. The number of carboxylic acid groups (broad SMARTS) is 1. The molecular formula is C20H29FN5O3+. The molecule has 0 aliphatic carbocycles. The zero-order valence-electron chi connectivity index (χ0n) is 16.8. The van der Waals surface area contributed by atoms with Gasteiger partial charge < -0.3 is 15.1 Å². The zero-order chi connectivity index (χ0) is 21.0. The van der Waals surface area contributed by atoms with Gasteiger partial charge in [-0.2, -0.15) is 5.21 Å². The van der Waals surface area contributed by atoms with Gasteiger partial charge in [0.05, 0.1) is 12.5 Å². The molecule has 8 nitrogen and oxygen atoms in total. The van der Waals surface area contributed by atoms with Gasteiger partial charge in [-0.15, -0.1) is 10.2 Å². The number of aliphatic hydroxyl groups is 1. The minimum Gasteiger partial charge on any atom is -0.481 e. The molecule has 2 aromatic rings. The molecule has 1 aliphatic heterocycles. The maximum atomic E-state index is 14.7. The summed E-state index contributed by atoms with van der Waals surface area (Å²) in [6.45, 7) is 5.93. The van der Waals surface area contributed by atoms with Crippen LogP contribution in [0, 0.1) is 17.7 Å². The monoisotopic (exact) mass is 406 g/mol. The molecule has 0 amide bonds. The first-order valence-electron chi connectivity index (χ1n) is 10.1. The number of H-pyrrole nitrogens is 1. The lowest BCUT2D eigenvalue weighted by Gasteiger charge is -2.23. The second-order valence-electron chi connectivity index (χ2n) is 8.40. The molecule has 158 valence electrons. The molecule has 3 rings (SSSR count). The van der Waals surface area contributed by atoms with Gasteiger partial charge in [-0.25, -0.2) is 4.39 Å². The topological polar surface area (TPSA) is 116 Å². The molecule has 0 spiro atoms. The fourth-order valence-electron chi connectivity index (χ4n) is 4.14. The van der Waals surface area contributed by atoms with Gasteiger partial charge in [0.25, 0.3) is 0 Å². The molecule has 0 bridgehead atoms. The number of tetrazole rings is 1. The largest absolute Gasteiger partial charge is 0.481 e. The summed E-state index contributed by atoms with van der Waals surface area (Å²) in [6.07, 6.45) is 1.22. The molecule has 1 aliphatic rings. The van der Waals surface area contributed by atoms with Crippen molar-refractivity contribution in [1.82, 2.24) is 20.6 Å². The average Bonchev–Trinajstić information content (AvgIpc) is 3.32. The number of nitrogens with zero attached hydrogens (tertiary/aromatic N) is 3. The van der Waals surface area contributed by atoms with Crippen molar-refractivity contribution in [3.8, 4) is 0 Å². The Labute approximate surface area is 169 Å². The van der Waals surface area contributed by atoms with Crippen molar-refractivity contribution in [3.63, 3.8) is 0 Å². The number of carbonyl (C=O) groups is 1.